The van der Waals surface area contributed by atoms with Crippen LogP contribution in [0.15, 0.2) is 53.0 Å². The molecule has 0 unspecified atom stereocenters. The van der Waals surface area contributed by atoms with Crippen molar-refractivity contribution >= 4 is 73.2 Å². The lowest BCUT2D eigenvalue weighted by atomic mass is 10.1. The molecule has 0 saturated heterocycles. The molecule has 0 saturated carbocycles. The van der Waals surface area contributed by atoms with Gasteiger partial charge < -0.3 is 15.2 Å². The molecule has 29 heavy (non-hydrogen) atoms. The zero-order chi connectivity index (χ0) is 21.1. The Labute approximate surface area is 184 Å². The Hall–Kier alpha value is -2.68. The minimum absolute atomic E-state index is 0.0335. The van der Waals surface area contributed by atoms with E-state index < -0.39 is 11.9 Å². The number of benzene rings is 3. The van der Waals surface area contributed by atoms with E-state index in [1.165, 1.54) is 25.3 Å². The number of amides is 1. The molecule has 1 amide bonds. The van der Waals surface area contributed by atoms with Gasteiger partial charge in [-0.1, -0.05) is 35.9 Å². The van der Waals surface area contributed by atoms with E-state index in [1.54, 1.807) is 6.07 Å². The van der Waals surface area contributed by atoms with Gasteiger partial charge in [-0.25, -0.2) is 4.79 Å². The topological polar surface area (TPSA) is 87.7 Å². The van der Waals surface area contributed by atoms with E-state index in [2.05, 4.69) is 26.6 Å². The molecule has 0 radical (unpaired) electrons. The fourth-order valence-corrected chi connectivity index (χ4v) is 3.83. The number of carboxylic acid groups (broad SMARTS) is 1. The highest BCUT2D eigenvalue weighted by molar-refractivity contribution is 9.10. The van der Waals surface area contributed by atoms with E-state index in [0.717, 1.165) is 10.8 Å². The maximum Gasteiger partial charge on any atom is 0.335 e. The number of anilines is 1. The maximum absolute atomic E-state index is 12.8. The van der Waals surface area contributed by atoms with Crippen LogP contribution in [0.4, 0.5) is 5.69 Å². The third-order valence-electron chi connectivity index (χ3n) is 4.08. The number of aromatic carboxylic acids is 1. The largest absolute Gasteiger partial charge is 0.495 e. The van der Waals surface area contributed by atoms with Crippen LogP contribution in [-0.2, 0) is 0 Å². The number of carbonyl (C=O) groups excluding carboxylic acids is 1. The number of carboxylic acids is 1. The minimum atomic E-state index is -1.11. The van der Waals surface area contributed by atoms with Gasteiger partial charge in [0.05, 0.1) is 33.4 Å². The van der Waals surface area contributed by atoms with Crippen molar-refractivity contribution in [1.29, 1.82) is 0 Å². The number of methoxy groups -OCH3 is 1. The van der Waals surface area contributed by atoms with Crippen LogP contribution in [0.5, 0.6) is 5.75 Å². The van der Waals surface area contributed by atoms with Crippen LogP contribution < -0.4 is 15.4 Å². The third kappa shape index (κ3) is 4.50. The van der Waals surface area contributed by atoms with Gasteiger partial charge in [-0.05, 0) is 63.2 Å². The summed E-state index contributed by atoms with van der Waals surface area (Å²) in [5.41, 5.74) is 0.585. The molecule has 0 bridgehead atoms. The molecule has 3 aromatic rings. The maximum atomic E-state index is 12.8. The van der Waals surface area contributed by atoms with Crippen LogP contribution in [-0.4, -0.2) is 29.2 Å². The molecule has 0 heterocycles. The smallest absolute Gasteiger partial charge is 0.335 e. The first-order valence-corrected chi connectivity index (χ1v) is 9.80. The summed E-state index contributed by atoms with van der Waals surface area (Å²) in [6.07, 6.45) is 0. The van der Waals surface area contributed by atoms with Crippen LogP contribution in [0, 0.1) is 0 Å². The SMILES string of the molecule is COc1c(C(=O)NC(=S)Nc2cc(C(=O)O)ccc2Cl)cc2ccccc2c1Br. The quantitative estimate of drug-likeness (QED) is 0.439. The monoisotopic (exact) mass is 492 g/mol. The molecule has 0 spiro atoms. The standard InChI is InChI=1S/C20H14BrClN2O4S/c1-28-17-13(8-10-4-2-3-5-12(10)16(17)21)18(25)24-20(29)23-15-9-11(19(26)27)6-7-14(15)22/h2-9H,1H3,(H,26,27)(H2,23,24,25,29). The zero-order valence-electron chi connectivity index (χ0n) is 15.0. The summed E-state index contributed by atoms with van der Waals surface area (Å²) < 4.78 is 6.06. The summed E-state index contributed by atoms with van der Waals surface area (Å²) in [4.78, 5) is 23.9. The van der Waals surface area contributed by atoms with Gasteiger partial charge in [0.2, 0.25) is 0 Å². The first-order chi connectivity index (χ1) is 13.8. The summed E-state index contributed by atoms with van der Waals surface area (Å²) in [5.74, 6) is -1.23. The highest BCUT2D eigenvalue weighted by Crippen LogP contribution is 2.36. The number of nitrogens with one attached hydrogen (secondary N) is 2. The molecule has 3 rings (SSSR count). The Balaban J connectivity index is 1.86. The number of hydrogen-bond donors (Lipinski definition) is 3. The first kappa shape index (κ1) is 21.0. The molecule has 0 aliphatic rings. The number of thiocarbonyl (C=S) groups is 1. The van der Waals surface area contributed by atoms with Crippen LogP contribution in [0.2, 0.25) is 5.02 Å². The first-order valence-electron chi connectivity index (χ1n) is 8.22. The van der Waals surface area contributed by atoms with Crippen molar-refractivity contribution in [1.82, 2.24) is 5.32 Å². The predicted octanol–water partition coefficient (Wildman–Crippen LogP) is 5.09. The minimum Gasteiger partial charge on any atom is -0.495 e. The molecular weight excluding hydrogens is 480 g/mol. The number of carbonyl (C=O) groups is 2. The summed E-state index contributed by atoms with van der Waals surface area (Å²) in [7, 11) is 1.47. The molecule has 9 heteroatoms. The number of hydrogen-bond acceptors (Lipinski definition) is 4. The fraction of sp³-hybridized carbons (Fsp3) is 0.0500. The van der Waals surface area contributed by atoms with Gasteiger partial charge in [0.1, 0.15) is 5.75 Å². The normalized spacial score (nSPS) is 10.4. The molecule has 0 aliphatic carbocycles. The second kappa shape index (κ2) is 8.77. The van der Waals surface area contributed by atoms with Crippen molar-refractivity contribution in [2.45, 2.75) is 0 Å². The van der Waals surface area contributed by atoms with Crippen molar-refractivity contribution in [3.63, 3.8) is 0 Å². The van der Waals surface area contributed by atoms with E-state index in [9.17, 15) is 9.59 Å². The lowest BCUT2D eigenvalue weighted by Gasteiger charge is -2.15. The molecule has 0 aromatic heterocycles. The summed E-state index contributed by atoms with van der Waals surface area (Å²) in [6.45, 7) is 0. The second-order valence-corrected chi connectivity index (χ2v) is 7.51. The van der Waals surface area contributed by atoms with Crippen LogP contribution in [0.1, 0.15) is 20.7 Å². The van der Waals surface area contributed by atoms with Gasteiger partial charge in [-0.3, -0.25) is 10.1 Å². The molecule has 148 valence electrons. The fourth-order valence-electron chi connectivity index (χ4n) is 2.73. The van der Waals surface area contributed by atoms with Gasteiger partial charge in [-0.15, -0.1) is 0 Å². The van der Waals surface area contributed by atoms with Gasteiger partial charge in [0.15, 0.2) is 5.11 Å². The highest BCUT2D eigenvalue weighted by atomic mass is 79.9. The van der Waals surface area contributed by atoms with E-state index in [4.69, 9.17) is 33.7 Å². The summed E-state index contributed by atoms with van der Waals surface area (Å²) in [5, 5.41) is 16.4. The Morgan fingerprint density at radius 2 is 1.90 bits per heavy atom. The highest BCUT2D eigenvalue weighted by Gasteiger charge is 2.19. The van der Waals surface area contributed by atoms with Crippen molar-refractivity contribution in [2.24, 2.45) is 0 Å². The summed E-state index contributed by atoms with van der Waals surface area (Å²) >= 11 is 14.8. The van der Waals surface area contributed by atoms with E-state index in [0.29, 0.717) is 10.2 Å². The Morgan fingerprint density at radius 1 is 1.17 bits per heavy atom. The van der Waals surface area contributed by atoms with E-state index >= 15 is 0 Å². The van der Waals surface area contributed by atoms with Gasteiger partial charge in [-0.2, -0.15) is 0 Å². The number of ether oxygens (including phenoxy) is 1. The Kier molecular flexibility index (Phi) is 6.36. The zero-order valence-corrected chi connectivity index (χ0v) is 18.1. The Morgan fingerprint density at radius 3 is 2.59 bits per heavy atom. The van der Waals surface area contributed by atoms with Gasteiger partial charge in [0.25, 0.3) is 5.91 Å². The Bertz CT molecular complexity index is 1150. The van der Waals surface area contributed by atoms with Crippen molar-refractivity contribution in [3.05, 3.63) is 69.2 Å². The lowest BCUT2D eigenvalue weighted by Crippen LogP contribution is -2.34. The summed E-state index contributed by atoms with van der Waals surface area (Å²) in [6, 6.07) is 13.4. The molecular formula is C20H14BrClN2O4S. The third-order valence-corrected chi connectivity index (χ3v) is 5.40. The lowest BCUT2D eigenvalue weighted by molar-refractivity contribution is 0.0696. The molecule has 0 aliphatic heterocycles. The van der Waals surface area contributed by atoms with Crippen LogP contribution in [0.25, 0.3) is 10.8 Å². The van der Waals surface area contributed by atoms with E-state index in [-0.39, 0.29) is 26.9 Å². The molecule has 0 atom stereocenters. The average Bonchev–Trinajstić information content (AvgIpc) is 2.69. The number of rotatable bonds is 4. The predicted molar refractivity (Wildman–Crippen MR) is 120 cm³/mol. The average molecular weight is 494 g/mol. The molecule has 0 fully saturated rings. The molecule has 3 N–H and O–H groups in total. The van der Waals surface area contributed by atoms with Gasteiger partial charge in [0, 0.05) is 0 Å². The van der Waals surface area contributed by atoms with E-state index in [1.807, 2.05) is 24.3 Å². The van der Waals surface area contributed by atoms with Crippen molar-refractivity contribution < 1.29 is 19.4 Å². The number of halogens is 2. The van der Waals surface area contributed by atoms with Gasteiger partial charge >= 0.3 is 5.97 Å². The van der Waals surface area contributed by atoms with Crippen LogP contribution >= 0.6 is 39.7 Å². The molecule has 3 aromatic carbocycles. The van der Waals surface area contributed by atoms with Crippen molar-refractivity contribution in [2.75, 3.05) is 12.4 Å². The van der Waals surface area contributed by atoms with Crippen LogP contribution in [0.3, 0.4) is 0 Å². The van der Waals surface area contributed by atoms with Crippen molar-refractivity contribution in [3.8, 4) is 5.75 Å². The number of fused-ring (bicyclic) bond motifs is 1. The molecule has 6 nitrogen and oxygen atoms in total. The second-order valence-electron chi connectivity index (χ2n) is 5.90.